The fourth-order valence-corrected chi connectivity index (χ4v) is 2.23. The van der Waals surface area contributed by atoms with Gasteiger partial charge in [0, 0.05) is 24.4 Å². The Bertz CT molecular complexity index is 449. The standard InChI is InChI=1S/C12H21N3O2SSi/c1-8(2)18-15(9(3)16)10-6-7-13-11(14-10)17-12(4,5)19/h6-8H,1-5,19H3. The van der Waals surface area contributed by atoms with E-state index >= 15 is 0 Å². The Balaban J connectivity index is 2.98. The van der Waals surface area contributed by atoms with Gasteiger partial charge in [0.05, 0.1) is 15.5 Å². The summed E-state index contributed by atoms with van der Waals surface area (Å²) in [4.78, 5) is 20.1. The summed E-state index contributed by atoms with van der Waals surface area (Å²) in [6, 6.07) is 2.03. The second-order valence-corrected chi connectivity index (χ2v) is 9.31. The van der Waals surface area contributed by atoms with Crippen LogP contribution in [0.1, 0.15) is 34.6 Å². The fourth-order valence-electron chi connectivity index (χ4n) is 1.27. The Hall–Kier alpha value is -1.08. The molecule has 0 N–H and O–H groups in total. The van der Waals surface area contributed by atoms with E-state index in [-0.39, 0.29) is 11.1 Å². The van der Waals surface area contributed by atoms with Crippen LogP contribution in [-0.2, 0) is 4.79 Å². The third kappa shape index (κ3) is 5.60. The lowest BCUT2D eigenvalue weighted by atomic mass is 10.5. The van der Waals surface area contributed by atoms with Crippen LogP contribution in [0, 0.1) is 0 Å². The van der Waals surface area contributed by atoms with Crippen molar-refractivity contribution in [1.82, 2.24) is 9.97 Å². The molecular formula is C12H21N3O2SSi. The van der Waals surface area contributed by atoms with Crippen molar-refractivity contribution in [3.63, 3.8) is 0 Å². The topological polar surface area (TPSA) is 55.3 Å². The molecule has 0 radical (unpaired) electrons. The molecule has 1 aromatic rings. The van der Waals surface area contributed by atoms with Crippen molar-refractivity contribution in [2.45, 2.75) is 45.1 Å². The highest BCUT2D eigenvalue weighted by Gasteiger charge is 2.19. The fraction of sp³-hybridized carbons (Fsp3) is 0.583. The van der Waals surface area contributed by atoms with Crippen molar-refractivity contribution in [2.75, 3.05) is 4.31 Å². The van der Waals surface area contributed by atoms with E-state index in [1.54, 1.807) is 16.6 Å². The number of hydrogen-bond donors (Lipinski definition) is 0. The number of anilines is 1. The maximum Gasteiger partial charge on any atom is 0.318 e. The van der Waals surface area contributed by atoms with Gasteiger partial charge in [0.15, 0.2) is 5.82 Å². The number of carbonyl (C=O) groups is 1. The molecule has 0 aliphatic heterocycles. The van der Waals surface area contributed by atoms with Crippen LogP contribution in [0.3, 0.4) is 0 Å². The molecule has 0 saturated heterocycles. The molecule has 0 spiro atoms. The summed E-state index contributed by atoms with van der Waals surface area (Å²) < 4.78 is 7.24. The van der Waals surface area contributed by atoms with Gasteiger partial charge in [-0.1, -0.05) is 13.8 Å². The number of hydrogen-bond acceptors (Lipinski definition) is 5. The highest BCUT2D eigenvalue weighted by molar-refractivity contribution is 8.01. The summed E-state index contributed by atoms with van der Waals surface area (Å²) in [5.74, 6) is 0.496. The zero-order valence-corrected chi connectivity index (χ0v) is 15.1. The molecule has 1 rings (SSSR count). The van der Waals surface area contributed by atoms with Crippen LogP contribution in [-0.4, -0.2) is 36.6 Å². The van der Waals surface area contributed by atoms with E-state index in [4.69, 9.17) is 4.74 Å². The highest BCUT2D eigenvalue weighted by atomic mass is 32.2. The molecule has 19 heavy (non-hydrogen) atoms. The van der Waals surface area contributed by atoms with Gasteiger partial charge in [-0.15, -0.1) is 0 Å². The first-order valence-electron chi connectivity index (χ1n) is 6.18. The van der Waals surface area contributed by atoms with Crippen molar-refractivity contribution in [1.29, 1.82) is 0 Å². The Kier molecular flexibility index (Phi) is 5.36. The van der Waals surface area contributed by atoms with Crippen LogP contribution in [0.5, 0.6) is 6.01 Å². The average Bonchev–Trinajstić information content (AvgIpc) is 2.23. The Morgan fingerprint density at radius 2 is 2.16 bits per heavy atom. The SMILES string of the molecule is CC(=O)N(SC(C)C)c1ccnc(OC(C)(C)[SiH3])n1. The number of carbonyl (C=O) groups excluding carboxylic acids is 1. The maximum absolute atomic E-state index is 11.7. The molecule has 0 saturated carbocycles. The van der Waals surface area contributed by atoms with Gasteiger partial charge in [-0.25, -0.2) is 9.29 Å². The van der Waals surface area contributed by atoms with E-state index in [9.17, 15) is 4.79 Å². The quantitative estimate of drug-likeness (QED) is 0.607. The summed E-state index contributed by atoms with van der Waals surface area (Å²) in [6.45, 7) is 9.55. The van der Waals surface area contributed by atoms with Crippen LogP contribution in [0.2, 0.25) is 0 Å². The predicted molar refractivity (Wildman–Crippen MR) is 82.6 cm³/mol. The first kappa shape index (κ1) is 16.0. The minimum absolute atomic E-state index is 0.0616. The first-order valence-corrected chi connectivity index (χ1v) is 8.02. The van der Waals surface area contributed by atoms with Gasteiger partial charge in [-0.05, 0) is 25.8 Å². The van der Waals surface area contributed by atoms with E-state index in [1.165, 1.54) is 18.9 Å². The van der Waals surface area contributed by atoms with E-state index in [1.807, 2.05) is 27.7 Å². The molecule has 0 bridgehead atoms. The molecule has 1 amide bonds. The molecule has 106 valence electrons. The van der Waals surface area contributed by atoms with Crippen molar-refractivity contribution < 1.29 is 9.53 Å². The van der Waals surface area contributed by atoms with Crippen LogP contribution >= 0.6 is 11.9 Å². The van der Waals surface area contributed by atoms with Crippen molar-refractivity contribution in [2.24, 2.45) is 0 Å². The summed E-state index contributed by atoms with van der Waals surface area (Å²) in [5.41, 5.74) is 0. The van der Waals surface area contributed by atoms with Gasteiger partial charge in [-0.2, -0.15) is 4.98 Å². The molecular weight excluding hydrogens is 278 g/mol. The number of nitrogens with zero attached hydrogens (tertiary/aromatic N) is 3. The lowest BCUT2D eigenvalue weighted by molar-refractivity contribution is -0.115. The zero-order valence-electron chi connectivity index (χ0n) is 12.3. The van der Waals surface area contributed by atoms with Gasteiger partial charge in [-0.3, -0.25) is 4.79 Å². The highest BCUT2D eigenvalue weighted by Crippen LogP contribution is 2.25. The average molecular weight is 299 g/mol. The molecule has 0 fully saturated rings. The van der Waals surface area contributed by atoms with Crippen molar-refractivity contribution in [3.05, 3.63) is 12.3 Å². The molecule has 7 heteroatoms. The van der Waals surface area contributed by atoms with E-state index in [0.717, 1.165) is 10.2 Å². The second kappa shape index (κ2) is 6.38. The monoisotopic (exact) mass is 299 g/mol. The number of aromatic nitrogens is 2. The Labute approximate surface area is 121 Å². The number of amides is 1. The number of rotatable bonds is 5. The first-order chi connectivity index (χ1) is 8.69. The summed E-state index contributed by atoms with van der Waals surface area (Å²) in [7, 11) is 0.864. The van der Waals surface area contributed by atoms with E-state index in [2.05, 4.69) is 9.97 Å². The lowest BCUT2D eigenvalue weighted by Gasteiger charge is -2.23. The van der Waals surface area contributed by atoms with E-state index in [0.29, 0.717) is 17.1 Å². The van der Waals surface area contributed by atoms with Crippen molar-refractivity contribution in [3.8, 4) is 6.01 Å². The van der Waals surface area contributed by atoms with Crippen molar-refractivity contribution >= 4 is 33.9 Å². The summed E-state index contributed by atoms with van der Waals surface area (Å²) >= 11 is 1.43. The molecule has 0 aromatic carbocycles. The van der Waals surface area contributed by atoms with Gasteiger partial charge in [0.25, 0.3) is 0 Å². The van der Waals surface area contributed by atoms with Crippen LogP contribution < -0.4 is 9.04 Å². The lowest BCUT2D eigenvalue weighted by Crippen LogP contribution is -2.29. The summed E-state index contributed by atoms with van der Waals surface area (Å²) in [6.07, 6.45) is 1.61. The Morgan fingerprint density at radius 1 is 1.53 bits per heavy atom. The molecule has 5 nitrogen and oxygen atoms in total. The largest absolute Gasteiger partial charge is 0.462 e. The van der Waals surface area contributed by atoms with Gasteiger partial charge in [0.2, 0.25) is 5.91 Å². The number of ether oxygens (including phenoxy) is 1. The predicted octanol–water partition coefficient (Wildman–Crippen LogP) is 1.37. The van der Waals surface area contributed by atoms with Gasteiger partial charge < -0.3 is 4.74 Å². The molecule has 0 atom stereocenters. The molecule has 0 aliphatic carbocycles. The Morgan fingerprint density at radius 3 is 2.63 bits per heavy atom. The summed E-state index contributed by atoms with van der Waals surface area (Å²) in [5, 5.41) is 0.0588. The van der Waals surface area contributed by atoms with E-state index < -0.39 is 0 Å². The minimum Gasteiger partial charge on any atom is -0.462 e. The van der Waals surface area contributed by atoms with Crippen LogP contribution in [0.4, 0.5) is 5.82 Å². The third-order valence-electron chi connectivity index (χ3n) is 1.83. The van der Waals surface area contributed by atoms with Gasteiger partial charge in [0.1, 0.15) is 0 Å². The molecule has 1 aromatic heterocycles. The van der Waals surface area contributed by atoms with Gasteiger partial charge >= 0.3 is 6.01 Å². The third-order valence-corrected chi connectivity index (χ3v) is 3.11. The van der Waals surface area contributed by atoms with Crippen LogP contribution in [0.25, 0.3) is 0 Å². The zero-order chi connectivity index (χ0) is 14.6. The molecule has 0 aliphatic rings. The molecule has 1 heterocycles. The minimum atomic E-state index is -0.231. The van der Waals surface area contributed by atoms with Crippen LogP contribution in [0.15, 0.2) is 12.3 Å². The second-order valence-electron chi connectivity index (χ2n) is 5.38. The maximum atomic E-state index is 11.7. The normalized spacial score (nSPS) is 11.7. The molecule has 0 unspecified atom stereocenters. The smallest absolute Gasteiger partial charge is 0.318 e.